The molecule has 0 saturated carbocycles. The number of amides is 1. The summed E-state index contributed by atoms with van der Waals surface area (Å²) in [6, 6.07) is 9.95. The third kappa shape index (κ3) is 2.83. The Morgan fingerprint density at radius 1 is 1.13 bits per heavy atom. The normalized spacial score (nSPS) is 15.4. The van der Waals surface area contributed by atoms with E-state index in [0.717, 1.165) is 5.56 Å². The molecule has 2 aromatic carbocycles. The maximum atomic E-state index is 13.6. The zero-order valence-corrected chi connectivity index (χ0v) is 17.9. The number of carbonyl (C=O) groups is 1. The molecule has 2 aromatic heterocycles. The highest BCUT2D eigenvalue weighted by Gasteiger charge is 2.46. The van der Waals surface area contributed by atoms with Crippen molar-refractivity contribution in [2.45, 2.75) is 13.0 Å². The Morgan fingerprint density at radius 3 is 2.68 bits per heavy atom. The number of carbonyl (C=O) groups excluding carboxylic acids is 1. The predicted octanol–water partition coefficient (Wildman–Crippen LogP) is 4.32. The zero-order valence-electron chi connectivity index (χ0n) is 17.0. The van der Waals surface area contributed by atoms with Crippen molar-refractivity contribution in [3.63, 3.8) is 0 Å². The Balaban J connectivity index is 1.87. The molecule has 1 amide bonds. The van der Waals surface area contributed by atoms with Gasteiger partial charge in [-0.3, -0.25) is 14.5 Å². The predicted molar refractivity (Wildman–Crippen MR) is 118 cm³/mol. The lowest BCUT2D eigenvalue weighted by Crippen LogP contribution is -2.29. The van der Waals surface area contributed by atoms with Gasteiger partial charge in [0, 0.05) is 17.1 Å². The van der Waals surface area contributed by atoms with E-state index in [1.54, 1.807) is 43.0 Å². The number of nitrogens with zero attached hydrogens (tertiary/aromatic N) is 2. The van der Waals surface area contributed by atoms with E-state index in [9.17, 15) is 9.59 Å². The van der Waals surface area contributed by atoms with Gasteiger partial charge < -0.3 is 13.9 Å². The van der Waals surface area contributed by atoms with Gasteiger partial charge in [-0.2, -0.15) is 0 Å². The molecule has 0 bridgehead atoms. The minimum Gasteiger partial charge on any atom is -0.493 e. The van der Waals surface area contributed by atoms with Crippen LogP contribution >= 0.6 is 11.3 Å². The fourth-order valence-corrected chi connectivity index (χ4v) is 4.71. The first kappa shape index (κ1) is 19.3. The van der Waals surface area contributed by atoms with Crippen LogP contribution in [-0.4, -0.2) is 25.1 Å². The molecule has 3 heterocycles. The monoisotopic (exact) mass is 434 g/mol. The van der Waals surface area contributed by atoms with Crippen LogP contribution < -0.4 is 19.8 Å². The van der Waals surface area contributed by atoms with Crippen LogP contribution in [0, 0.1) is 6.92 Å². The van der Waals surface area contributed by atoms with Gasteiger partial charge >= 0.3 is 0 Å². The molecular weight excluding hydrogens is 416 g/mol. The molecule has 156 valence electrons. The molecule has 0 saturated heterocycles. The Morgan fingerprint density at radius 2 is 1.97 bits per heavy atom. The summed E-state index contributed by atoms with van der Waals surface area (Å²) in [4.78, 5) is 32.9. The average molecular weight is 434 g/mol. The van der Waals surface area contributed by atoms with Crippen LogP contribution in [-0.2, 0) is 0 Å². The van der Waals surface area contributed by atoms with Crippen LogP contribution in [0.5, 0.6) is 11.5 Å². The van der Waals surface area contributed by atoms with Crippen molar-refractivity contribution >= 4 is 33.3 Å². The Kier molecular flexibility index (Phi) is 4.51. The summed E-state index contributed by atoms with van der Waals surface area (Å²) in [5, 5.41) is 2.67. The third-order valence-electron chi connectivity index (χ3n) is 5.38. The zero-order chi connectivity index (χ0) is 21.7. The van der Waals surface area contributed by atoms with E-state index in [2.05, 4.69) is 4.98 Å². The van der Waals surface area contributed by atoms with E-state index in [0.29, 0.717) is 33.2 Å². The second-order valence-electron chi connectivity index (χ2n) is 7.15. The topological polar surface area (TPSA) is 81.9 Å². The van der Waals surface area contributed by atoms with Gasteiger partial charge in [-0.25, -0.2) is 4.98 Å². The molecule has 0 fully saturated rings. The Labute approximate surface area is 181 Å². The maximum Gasteiger partial charge on any atom is 0.297 e. The van der Waals surface area contributed by atoms with E-state index in [4.69, 9.17) is 13.9 Å². The molecule has 1 atom stereocenters. The molecule has 0 radical (unpaired) electrons. The lowest BCUT2D eigenvalue weighted by Gasteiger charge is -2.24. The minimum atomic E-state index is -0.764. The summed E-state index contributed by atoms with van der Waals surface area (Å²) >= 11 is 1.31. The van der Waals surface area contributed by atoms with Crippen molar-refractivity contribution in [1.82, 2.24) is 4.98 Å². The molecule has 7 nitrogen and oxygen atoms in total. The van der Waals surface area contributed by atoms with Crippen LogP contribution in [0.4, 0.5) is 5.13 Å². The van der Waals surface area contributed by atoms with Gasteiger partial charge in [-0.15, -0.1) is 11.3 Å². The van der Waals surface area contributed by atoms with Crippen molar-refractivity contribution in [2.75, 3.05) is 19.1 Å². The summed E-state index contributed by atoms with van der Waals surface area (Å²) < 4.78 is 17.1. The van der Waals surface area contributed by atoms with Crippen LogP contribution in [0.3, 0.4) is 0 Å². The van der Waals surface area contributed by atoms with E-state index < -0.39 is 11.9 Å². The summed E-state index contributed by atoms with van der Waals surface area (Å²) in [6.45, 7) is 1.90. The van der Waals surface area contributed by atoms with Gasteiger partial charge in [0.05, 0.1) is 25.2 Å². The first-order chi connectivity index (χ1) is 15.0. The number of ether oxygens (including phenoxy) is 2. The van der Waals surface area contributed by atoms with Crippen molar-refractivity contribution in [3.05, 3.63) is 80.6 Å². The van der Waals surface area contributed by atoms with Crippen LogP contribution in [0.15, 0.2) is 57.2 Å². The number of hydrogen-bond acceptors (Lipinski definition) is 7. The highest BCUT2D eigenvalue weighted by Crippen LogP contribution is 2.46. The largest absolute Gasteiger partial charge is 0.493 e. The van der Waals surface area contributed by atoms with Crippen molar-refractivity contribution in [3.8, 4) is 11.5 Å². The smallest absolute Gasteiger partial charge is 0.297 e. The van der Waals surface area contributed by atoms with Crippen molar-refractivity contribution in [2.24, 2.45) is 0 Å². The third-order valence-corrected chi connectivity index (χ3v) is 6.15. The van der Waals surface area contributed by atoms with Crippen LogP contribution in [0.2, 0.25) is 0 Å². The molecule has 8 heteroatoms. The molecule has 4 aromatic rings. The number of methoxy groups -OCH3 is 2. The number of hydrogen-bond donors (Lipinski definition) is 0. The van der Waals surface area contributed by atoms with E-state index in [-0.39, 0.29) is 16.8 Å². The number of rotatable bonds is 4. The molecule has 31 heavy (non-hydrogen) atoms. The summed E-state index contributed by atoms with van der Waals surface area (Å²) in [6.07, 6.45) is 1.62. The number of anilines is 1. The SMILES string of the molecule is COc1cccc([C@H]2c3c(oc4ccc(C)cc4c3=O)C(=O)N2c2nccs2)c1OC. The molecule has 1 aliphatic rings. The van der Waals surface area contributed by atoms with Gasteiger partial charge in [0.1, 0.15) is 11.6 Å². The minimum absolute atomic E-state index is 0.0198. The van der Waals surface area contributed by atoms with Crippen LogP contribution in [0.1, 0.15) is 33.3 Å². The number of benzene rings is 2. The number of aryl methyl sites for hydroxylation is 1. The highest BCUT2D eigenvalue weighted by atomic mass is 32.1. The lowest BCUT2D eigenvalue weighted by atomic mass is 9.97. The average Bonchev–Trinajstić information content (AvgIpc) is 3.40. The molecule has 0 spiro atoms. The first-order valence-corrected chi connectivity index (χ1v) is 10.4. The Bertz CT molecular complexity index is 1380. The second-order valence-corrected chi connectivity index (χ2v) is 8.02. The Hall–Kier alpha value is -3.65. The quantitative estimate of drug-likeness (QED) is 0.476. The second kappa shape index (κ2) is 7.24. The molecule has 0 unspecified atom stereocenters. The molecule has 5 rings (SSSR count). The van der Waals surface area contributed by atoms with Gasteiger partial charge in [-0.1, -0.05) is 23.8 Å². The molecule has 0 N–H and O–H groups in total. The summed E-state index contributed by atoms with van der Waals surface area (Å²) in [5.41, 5.74) is 1.94. The van der Waals surface area contributed by atoms with Gasteiger partial charge in [0.2, 0.25) is 5.76 Å². The van der Waals surface area contributed by atoms with Crippen LogP contribution in [0.25, 0.3) is 11.0 Å². The van der Waals surface area contributed by atoms with Gasteiger partial charge in [0.25, 0.3) is 5.91 Å². The number of para-hydroxylation sites is 1. The lowest BCUT2D eigenvalue weighted by molar-refractivity contribution is 0.0970. The first-order valence-electron chi connectivity index (χ1n) is 9.56. The van der Waals surface area contributed by atoms with Gasteiger partial charge in [-0.05, 0) is 25.1 Å². The van der Waals surface area contributed by atoms with Crippen molar-refractivity contribution in [1.29, 1.82) is 0 Å². The molecule has 0 aliphatic carbocycles. The maximum absolute atomic E-state index is 13.6. The van der Waals surface area contributed by atoms with Crippen molar-refractivity contribution < 1.29 is 18.7 Å². The summed E-state index contributed by atoms with van der Waals surface area (Å²) in [7, 11) is 3.07. The fraction of sp³-hybridized carbons (Fsp3) is 0.174. The number of fused-ring (bicyclic) bond motifs is 2. The van der Waals surface area contributed by atoms with E-state index in [1.165, 1.54) is 23.3 Å². The number of thiazole rings is 1. The fourth-order valence-electron chi connectivity index (χ4n) is 4.04. The summed E-state index contributed by atoms with van der Waals surface area (Å²) in [5.74, 6) is 0.549. The van der Waals surface area contributed by atoms with E-state index >= 15 is 0 Å². The van der Waals surface area contributed by atoms with Gasteiger partial charge in [0.15, 0.2) is 22.1 Å². The molecule has 1 aliphatic heterocycles. The standard InChI is InChI=1S/C23H18N2O5S/c1-12-7-8-15-14(11-12)19(26)17-18(13-5-4-6-16(28-2)20(13)29-3)25(22(27)21(17)30-15)23-24-9-10-31-23/h4-11,18H,1-3H3/t18-/m0/s1. The highest BCUT2D eigenvalue weighted by molar-refractivity contribution is 7.13. The van der Waals surface area contributed by atoms with E-state index in [1.807, 2.05) is 19.1 Å². The molecular formula is C23H18N2O5S. The number of aromatic nitrogens is 1.